The molecule has 0 bridgehead atoms. The van der Waals surface area contributed by atoms with E-state index in [1.165, 1.54) is 0 Å². The van der Waals surface area contributed by atoms with Gasteiger partial charge in [-0.15, -0.1) is 0 Å². The van der Waals surface area contributed by atoms with Gasteiger partial charge in [-0.3, -0.25) is 0 Å². The van der Waals surface area contributed by atoms with E-state index < -0.39 is 0 Å². The van der Waals surface area contributed by atoms with Crippen LogP contribution in [-0.4, -0.2) is 0 Å². The molecule has 0 unspecified atom stereocenters. The fourth-order valence-corrected chi connectivity index (χ4v) is 0. The van der Waals surface area contributed by atoms with E-state index in [1.54, 1.807) is 0 Å². The summed E-state index contributed by atoms with van der Waals surface area (Å²) in [5.74, 6) is 0. The first kappa shape index (κ1) is 8.82. The second kappa shape index (κ2) is 62.1. The minimum absolute atomic E-state index is 2.00. The number of hydrogen-bond donors (Lipinski definition) is 0. The van der Waals surface area contributed by atoms with Crippen LogP contribution >= 0.6 is 0 Å². The molecule has 28 valence electrons. The van der Waals surface area contributed by atoms with Crippen LogP contribution in [0.4, 0.5) is 0 Å². The van der Waals surface area contributed by atoms with Crippen molar-refractivity contribution in [2.75, 3.05) is 0 Å². The molecule has 0 aromatic carbocycles. The third-order valence-electron chi connectivity index (χ3n) is 0. The summed E-state index contributed by atoms with van der Waals surface area (Å²) in [4.78, 5) is 0. The standard InChI is InChI=1S/2Fe.2O. The van der Waals surface area contributed by atoms with Crippen molar-refractivity contribution in [3.8, 4) is 0 Å². The van der Waals surface area contributed by atoms with Gasteiger partial charge in [-0.25, -0.2) is 0 Å². The van der Waals surface area contributed by atoms with Crippen LogP contribution in [0.1, 0.15) is 0 Å². The zero-order chi connectivity index (χ0) is 4.00. The van der Waals surface area contributed by atoms with Gasteiger partial charge >= 0.3 is 39.6 Å². The molecule has 0 aliphatic heterocycles. The zero-order valence-electron chi connectivity index (χ0n) is 1.52. The van der Waals surface area contributed by atoms with Gasteiger partial charge < -0.3 is 0 Å². The van der Waals surface area contributed by atoms with E-state index in [1.807, 2.05) is 31.9 Å². The molecule has 0 aromatic rings. The van der Waals surface area contributed by atoms with Crippen LogP contribution in [0, 0.1) is 0 Å². The maximum absolute atomic E-state index is 8.00. The predicted octanol–water partition coefficient (Wildman–Crippen LogP) is -0.243. The first-order valence-electron chi connectivity index (χ1n) is 0.289. The van der Waals surface area contributed by atoms with Gasteiger partial charge in [-0.2, -0.15) is 0 Å². The molecule has 0 saturated carbocycles. The Bertz CT molecular complexity index is 6.00. The monoisotopic (exact) mass is 144 g/mol. The van der Waals surface area contributed by atoms with E-state index in [-0.39, 0.29) is 0 Å². The van der Waals surface area contributed by atoms with E-state index in [4.69, 9.17) is 7.67 Å². The van der Waals surface area contributed by atoms with E-state index in [9.17, 15) is 0 Å². The van der Waals surface area contributed by atoms with Crippen molar-refractivity contribution in [1.29, 1.82) is 0 Å². The van der Waals surface area contributed by atoms with Crippen LogP contribution < -0.4 is 0 Å². The molecule has 0 radical (unpaired) electrons. The van der Waals surface area contributed by atoms with Crippen LogP contribution in [0.5, 0.6) is 0 Å². The fraction of sp³-hybridized carbons (Fsp3) is 0. The maximum atomic E-state index is 8.00. The normalized spacial score (nSPS) is 2.50. The van der Waals surface area contributed by atoms with Crippen LogP contribution in [0.15, 0.2) is 0 Å². The van der Waals surface area contributed by atoms with Crippen LogP contribution in [0.2, 0.25) is 0 Å². The Kier molecular flexibility index (Phi) is 137. The fourth-order valence-electron chi connectivity index (χ4n) is 0. The second-order valence-electron chi connectivity index (χ2n) is 0. The van der Waals surface area contributed by atoms with E-state index in [0.717, 1.165) is 0 Å². The molecule has 2 nitrogen and oxygen atoms in total. The van der Waals surface area contributed by atoms with E-state index in [0.29, 0.717) is 0 Å². The Hall–Kier alpha value is 0.639. The molecule has 0 aliphatic carbocycles. The number of rotatable bonds is 0. The van der Waals surface area contributed by atoms with Crippen molar-refractivity contribution < 1.29 is 39.6 Å². The molecule has 4 heteroatoms. The summed E-state index contributed by atoms with van der Waals surface area (Å²) >= 11 is 4.00. The summed E-state index contributed by atoms with van der Waals surface area (Å²) < 4.78 is 16.0. The van der Waals surface area contributed by atoms with Gasteiger partial charge in [0.05, 0.1) is 0 Å². The van der Waals surface area contributed by atoms with Gasteiger partial charge in [0, 0.05) is 0 Å². The van der Waals surface area contributed by atoms with Crippen molar-refractivity contribution in [3.05, 3.63) is 0 Å². The van der Waals surface area contributed by atoms with Gasteiger partial charge in [-0.1, -0.05) is 0 Å². The predicted molar refractivity (Wildman–Crippen MR) is 1.37 cm³/mol. The van der Waals surface area contributed by atoms with Crippen LogP contribution in [0.25, 0.3) is 0 Å². The molecule has 0 aliphatic rings. The Balaban J connectivity index is 0. The second-order valence-corrected chi connectivity index (χ2v) is 0. The third kappa shape index (κ3) is 17.4. The molecule has 0 fully saturated rings. The Morgan fingerprint density at radius 3 is 0.750 bits per heavy atom. The topological polar surface area (TPSA) is 34.1 Å². The Morgan fingerprint density at radius 2 is 0.750 bits per heavy atom. The molecule has 4 heavy (non-hydrogen) atoms. The van der Waals surface area contributed by atoms with Crippen molar-refractivity contribution in [3.63, 3.8) is 0 Å². The Morgan fingerprint density at radius 1 is 0.750 bits per heavy atom. The van der Waals surface area contributed by atoms with Crippen LogP contribution in [0.3, 0.4) is 0 Å². The van der Waals surface area contributed by atoms with Gasteiger partial charge in [0.2, 0.25) is 0 Å². The third-order valence-corrected chi connectivity index (χ3v) is 0. The molecular formula is Fe2O2. The van der Waals surface area contributed by atoms with Gasteiger partial charge in [-0.05, 0) is 0 Å². The minimum atomic E-state index is 2.00. The van der Waals surface area contributed by atoms with Crippen molar-refractivity contribution >= 4 is 0 Å². The van der Waals surface area contributed by atoms with Crippen LogP contribution in [-0.2, 0) is 39.6 Å². The first-order valence-corrected chi connectivity index (χ1v) is 1.19. The van der Waals surface area contributed by atoms with Gasteiger partial charge in [0.15, 0.2) is 0 Å². The van der Waals surface area contributed by atoms with Crippen molar-refractivity contribution in [2.24, 2.45) is 0 Å². The average molecular weight is 144 g/mol. The zero-order valence-corrected chi connectivity index (χ0v) is 3.73. The summed E-state index contributed by atoms with van der Waals surface area (Å²) in [6.45, 7) is 0. The van der Waals surface area contributed by atoms with E-state index >= 15 is 0 Å². The molecule has 0 atom stereocenters. The molecule has 0 spiro atoms. The molecule has 0 aromatic heterocycles. The van der Waals surface area contributed by atoms with Gasteiger partial charge in [0.1, 0.15) is 0 Å². The number of hydrogen-bond acceptors (Lipinski definition) is 2. The molecule has 0 N–H and O–H groups in total. The Labute approximate surface area is 40.0 Å². The summed E-state index contributed by atoms with van der Waals surface area (Å²) in [5.41, 5.74) is 0. The summed E-state index contributed by atoms with van der Waals surface area (Å²) in [6.07, 6.45) is 0. The van der Waals surface area contributed by atoms with Crippen molar-refractivity contribution in [2.45, 2.75) is 0 Å². The molecular weight excluding hydrogens is 144 g/mol. The quantitative estimate of drug-likeness (QED) is 0.439. The molecule has 0 amide bonds. The SMILES string of the molecule is [O]=[Fe].[O]=[Fe]. The summed E-state index contributed by atoms with van der Waals surface area (Å²) in [6, 6.07) is 0. The summed E-state index contributed by atoms with van der Waals surface area (Å²) in [7, 11) is 0. The van der Waals surface area contributed by atoms with E-state index in [2.05, 4.69) is 0 Å². The summed E-state index contributed by atoms with van der Waals surface area (Å²) in [5, 5.41) is 0. The molecule has 0 heterocycles. The van der Waals surface area contributed by atoms with Crippen molar-refractivity contribution in [1.82, 2.24) is 0 Å². The first-order chi connectivity index (χ1) is 2.00. The average Bonchev–Trinajstić information content (AvgIpc) is 1.50. The van der Waals surface area contributed by atoms with Gasteiger partial charge in [0.25, 0.3) is 0 Å². The molecule has 0 saturated heterocycles. The molecule has 0 rings (SSSR count).